The molecule has 3 rings (SSSR count). The second kappa shape index (κ2) is 9.30. The predicted molar refractivity (Wildman–Crippen MR) is 104 cm³/mol. The number of hydrogen-bond acceptors (Lipinski definition) is 4. The Balaban J connectivity index is 1.40. The van der Waals surface area contributed by atoms with Crippen molar-refractivity contribution in [2.24, 2.45) is 5.92 Å². The number of piperidine rings is 1. The molecule has 27 heavy (non-hydrogen) atoms. The average Bonchev–Trinajstić information content (AvgIpc) is 2.66. The van der Waals surface area contributed by atoms with Crippen LogP contribution < -0.4 is 4.90 Å². The highest BCUT2D eigenvalue weighted by Gasteiger charge is 2.24. The maximum Gasteiger partial charge on any atom is 0.168 e. The van der Waals surface area contributed by atoms with Crippen LogP contribution >= 0.6 is 11.6 Å². The van der Waals surface area contributed by atoms with Crippen LogP contribution in [0.3, 0.4) is 0 Å². The molecule has 0 amide bonds. The van der Waals surface area contributed by atoms with E-state index in [2.05, 4.69) is 9.80 Å². The SMILES string of the molecule is CC(=O)CN1CCC(CCN2CCN(c3ccc(F)c(Cl)c3F)CC2)CC1. The Hall–Kier alpha value is -1.24. The highest BCUT2D eigenvalue weighted by atomic mass is 35.5. The van der Waals surface area contributed by atoms with Crippen molar-refractivity contribution >= 4 is 23.1 Å². The zero-order valence-corrected chi connectivity index (χ0v) is 16.6. The fraction of sp³-hybridized carbons (Fsp3) is 0.650. The molecule has 1 aromatic carbocycles. The lowest BCUT2D eigenvalue weighted by Crippen LogP contribution is -2.47. The molecule has 4 nitrogen and oxygen atoms in total. The number of piperazine rings is 1. The highest BCUT2D eigenvalue weighted by molar-refractivity contribution is 6.31. The fourth-order valence-electron chi connectivity index (χ4n) is 4.09. The maximum absolute atomic E-state index is 14.2. The van der Waals surface area contributed by atoms with Gasteiger partial charge in [0.25, 0.3) is 0 Å². The van der Waals surface area contributed by atoms with Crippen LogP contribution in [0.4, 0.5) is 14.5 Å². The normalized spacial score (nSPS) is 20.2. The van der Waals surface area contributed by atoms with Gasteiger partial charge in [-0.05, 0) is 63.9 Å². The Kier molecular flexibility index (Phi) is 7.06. The van der Waals surface area contributed by atoms with Crippen LogP contribution in [0.15, 0.2) is 12.1 Å². The minimum Gasteiger partial charge on any atom is -0.367 e. The molecule has 2 aliphatic heterocycles. The van der Waals surface area contributed by atoms with Crippen molar-refractivity contribution in [2.75, 3.05) is 57.3 Å². The van der Waals surface area contributed by atoms with Crippen molar-refractivity contribution < 1.29 is 13.6 Å². The summed E-state index contributed by atoms with van der Waals surface area (Å²) in [5, 5.41) is -0.425. The third-order valence-electron chi connectivity index (χ3n) is 5.73. The zero-order chi connectivity index (χ0) is 19.4. The van der Waals surface area contributed by atoms with Gasteiger partial charge in [-0.2, -0.15) is 0 Å². The van der Waals surface area contributed by atoms with Gasteiger partial charge in [-0.25, -0.2) is 8.78 Å². The summed E-state index contributed by atoms with van der Waals surface area (Å²) in [7, 11) is 0. The van der Waals surface area contributed by atoms with Crippen LogP contribution in [0.5, 0.6) is 0 Å². The number of anilines is 1. The van der Waals surface area contributed by atoms with E-state index in [1.807, 2.05) is 4.90 Å². The van der Waals surface area contributed by atoms with Gasteiger partial charge in [0.1, 0.15) is 16.6 Å². The molecule has 0 radical (unpaired) electrons. The molecule has 2 fully saturated rings. The van der Waals surface area contributed by atoms with Crippen LogP contribution in [0.2, 0.25) is 5.02 Å². The highest BCUT2D eigenvalue weighted by Crippen LogP contribution is 2.29. The minimum atomic E-state index is -0.717. The first-order chi connectivity index (χ1) is 12.9. The Bertz CT molecular complexity index is 657. The molecule has 0 aromatic heterocycles. The summed E-state index contributed by atoms with van der Waals surface area (Å²) < 4.78 is 27.5. The molecule has 0 unspecified atom stereocenters. The molecule has 0 saturated carbocycles. The van der Waals surface area contributed by atoms with Crippen LogP contribution in [-0.4, -0.2) is 67.9 Å². The van der Waals surface area contributed by atoms with E-state index in [-0.39, 0.29) is 5.78 Å². The monoisotopic (exact) mass is 399 g/mol. The van der Waals surface area contributed by atoms with Crippen molar-refractivity contribution in [1.29, 1.82) is 0 Å². The molecule has 0 spiro atoms. The van der Waals surface area contributed by atoms with Gasteiger partial charge >= 0.3 is 0 Å². The molecular weight excluding hydrogens is 372 g/mol. The number of hydrogen-bond donors (Lipinski definition) is 0. The molecule has 0 atom stereocenters. The Morgan fingerprint density at radius 3 is 2.37 bits per heavy atom. The maximum atomic E-state index is 14.2. The predicted octanol–water partition coefficient (Wildman–Crippen LogP) is 3.43. The summed E-state index contributed by atoms with van der Waals surface area (Å²) in [6.45, 7) is 8.50. The van der Waals surface area contributed by atoms with Gasteiger partial charge in [0.15, 0.2) is 5.82 Å². The number of likely N-dealkylation sites (tertiary alicyclic amines) is 1. The van der Waals surface area contributed by atoms with E-state index < -0.39 is 16.7 Å². The third-order valence-corrected chi connectivity index (χ3v) is 6.08. The van der Waals surface area contributed by atoms with E-state index in [1.54, 1.807) is 6.92 Å². The van der Waals surface area contributed by atoms with Gasteiger partial charge in [0.2, 0.25) is 0 Å². The van der Waals surface area contributed by atoms with Gasteiger partial charge in [-0.3, -0.25) is 14.6 Å². The minimum absolute atomic E-state index is 0.241. The number of nitrogens with zero attached hydrogens (tertiary/aromatic N) is 3. The molecule has 2 heterocycles. The van der Waals surface area contributed by atoms with Crippen LogP contribution in [0.25, 0.3) is 0 Å². The molecule has 2 saturated heterocycles. The summed E-state index contributed by atoms with van der Waals surface area (Å²) in [4.78, 5) is 17.8. The van der Waals surface area contributed by atoms with Crippen molar-refractivity contribution in [3.05, 3.63) is 28.8 Å². The van der Waals surface area contributed by atoms with Gasteiger partial charge in [-0.15, -0.1) is 0 Å². The van der Waals surface area contributed by atoms with E-state index >= 15 is 0 Å². The van der Waals surface area contributed by atoms with Crippen molar-refractivity contribution in [2.45, 2.75) is 26.2 Å². The lowest BCUT2D eigenvalue weighted by molar-refractivity contribution is -0.118. The van der Waals surface area contributed by atoms with E-state index in [0.29, 0.717) is 12.2 Å². The first kappa shape index (κ1) is 20.5. The van der Waals surface area contributed by atoms with E-state index in [0.717, 1.165) is 64.6 Å². The largest absolute Gasteiger partial charge is 0.367 e. The summed E-state index contributed by atoms with van der Waals surface area (Å²) in [6, 6.07) is 2.70. The van der Waals surface area contributed by atoms with Crippen molar-refractivity contribution in [1.82, 2.24) is 9.80 Å². The topological polar surface area (TPSA) is 26.8 Å². The number of carbonyl (C=O) groups excluding carboxylic acids is 1. The van der Waals surface area contributed by atoms with Gasteiger partial charge in [-0.1, -0.05) is 11.6 Å². The Labute approximate surface area is 165 Å². The summed E-state index contributed by atoms with van der Waals surface area (Å²) >= 11 is 5.70. The van der Waals surface area contributed by atoms with Crippen molar-refractivity contribution in [3.8, 4) is 0 Å². The lowest BCUT2D eigenvalue weighted by Gasteiger charge is -2.37. The first-order valence-corrected chi connectivity index (χ1v) is 10.1. The first-order valence-electron chi connectivity index (χ1n) is 9.76. The van der Waals surface area contributed by atoms with Crippen LogP contribution in [-0.2, 0) is 4.79 Å². The quantitative estimate of drug-likeness (QED) is 0.685. The molecule has 0 aliphatic carbocycles. The smallest absolute Gasteiger partial charge is 0.168 e. The zero-order valence-electron chi connectivity index (χ0n) is 15.9. The average molecular weight is 400 g/mol. The summed E-state index contributed by atoms with van der Waals surface area (Å²) in [5.74, 6) is -0.418. The summed E-state index contributed by atoms with van der Waals surface area (Å²) in [6.07, 6.45) is 3.49. The standard InChI is InChI=1S/C20H28ClF2N3O/c1-15(27)14-25-8-5-16(6-9-25)4-7-24-10-12-26(13-11-24)18-3-2-17(22)19(21)20(18)23/h2-3,16H,4-14H2,1H3. The second-order valence-electron chi connectivity index (χ2n) is 7.73. The van der Waals surface area contributed by atoms with E-state index in [1.165, 1.54) is 18.6 Å². The molecule has 150 valence electrons. The number of halogens is 3. The van der Waals surface area contributed by atoms with Gasteiger partial charge < -0.3 is 4.90 Å². The number of benzene rings is 1. The fourth-order valence-corrected chi connectivity index (χ4v) is 4.25. The molecular formula is C20H28ClF2N3O. The lowest BCUT2D eigenvalue weighted by atomic mass is 9.93. The summed E-state index contributed by atoms with van der Waals surface area (Å²) in [5.41, 5.74) is 0.388. The second-order valence-corrected chi connectivity index (χ2v) is 8.11. The Morgan fingerprint density at radius 2 is 1.74 bits per heavy atom. The third kappa shape index (κ3) is 5.39. The van der Waals surface area contributed by atoms with Crippen molar-refractivity contribution in [3.63, 3.8) is 0 Å². The molecule has 2 aliphatic rings. The van der Waals surface area contributed by atoms with Gasteiger partial charge in [0, 0.05) is 26.2 Å². The van der Waals surface area contributed by atoms with Gasteiger partial charge in [0.05, 0.1) is 12.2 Å². The number of ketones is 1. The number of rotatable bonds is 6. The van der Waals surface area contributed by atoms with Crippen LogP contribution in [0.1, 0.15) is 26.2 Å². The number of Topliss-reactive ketones (excluding diaryl/α,β-unsaturated/α-hetero) is 1. The molecule has 0 N–H and O–H groups in total. The molecule has 0 bridgehead atoms. The molecule has 7 heteroatoms. The van der Waals surface area contributed by atoms with E-state index in [9.17, 15) is 13.6 Å². The molecule has 1 aromatic rings. The van der Waals surface area contributed by atoms with Crippen LogP contribution in [0, 0.1) is 17.6 Å². The Morgan fingerprint density at radius 1 is 1.07 bits per heavy atom. The van der Waals surface area contributed by atoms with E-state index in [4.69, 9.17) is 11.6 Å². The number of carbonyl (C=O) groups is 1.